The van der Waals surface area contributed by atoms with Crippen LogP contribution in [0.5, 0.6) is 0 Å². The second-order valence-corrected chi connectivity index (χ2v) is 4.16. The Balaban J connectivity index is 3.44. The third-order valence-electron chi connectivity index (χ3n) is 0.840. The van der Waals surface area contributed by atoms with Crippen molar-refractivity contribution in [1.82, 2.24) is 10.2 Å². The molecule has 0 aromatic carbocycles. The Kier molecular flexibility index (Phi) is 4.96. The Hall–Kier alpha value is 0.150. The summed E-state index contributed by atoms with van der Waals surface area (Å²) in [6.07, 6.45) is 0. The minimum absolute atomic E-state index is 0.289. The summed E-state index contributed by atoms with van der Waals surface area (Å²) < 4.78 is 11.0. The summed E-state index contributed by atoms with van der Waals surface area (Å²) in [5.41, 5.74) is 0. The van der Waals surface area contributed by atoms with E-state index in [-0.39, 0.29) is 12.1 Å². The highest BCUT2D eigenvalue weighted by Crippen LogP contribution is 2.09. The Bertz CT molecular complexity index is 102. The molecule has 0 unspecified atom stereocenters. The molecule has 0 radical (unpaired) electrons. The molecule has 0 aliphatic heterocycles. The van der Waals surface area contributed by atoms with Gasteiger partial charge in [-0.15, -0.1) is 0 Å². The highest BCUT2D eigenvalue weighted by Gasteiger charge is 2.00. The molecule has 2 N–H and O–H groups in total. The summed E-state index contributed by atoms with van der Waals surface area (Å²) in [5, 5.41) is 5.82. The van der Waals surface area contributed by atoms with Crippen LogP contribution in [-0.4, -0.2) is 12.1 Å². The monoisotopic (exact) mass is 164 g/mol. The van der Waals surface area contributed by atoms with Gasteiger partial charge in [0.05, 0.1) is 0 Å². The van der Waals surface area contributed by atoms with Gasteiger partial charge in [-0.25, -0.2) is 0 Å². The van der Waals surface area contributed by atoms with Crippen molar-refractivity contribution >= 4 is 8.10 Å². The van der Waals surface area contributed by atoms with Crippen LogP contribution in [0, 0.1) is 0 Å². The number of hydrogen-bond donors (Lipinski definition) is 2. The van der Waals surface area contributed by atoms with E-state index in [9.17, 15) is 4.57 Å². The third-order valence-corrected chi connectivity index (χ3v) is 2.52. The fourth-order valence-electron chi connectivity index (χ4n) is 0.566. The van der Waals surface area contributed by atoms with Crippen LogP contribution in [0.25, 0.3) is 0 Å². The minimum atomic E-state index is -1.74. The molecule has 0 aromatic heterocycles. The molecule has 0 rings (SSSR count). The molecule has 4 heteroatoms. The largest absolute Gasteiger partial charge is 0.293 e. The second-order valence-electron chi connectivity index (χ2n) is 2.93. The molecule has 0 saturated heterocycles. The zero-order chi connectivity index (χ0) is 8.15. The zero-order valence-electron chi connectivity index (χ0n) is 7.06. The summed E-state index contributed by atoms with van der Waals surface area (Å²) in [5.74, 6) is 0. The molecule has 0 saturated carbocycles. The molecule has 0 bridgehead atoms. The van der Waals surface area contributed by atoms with E-state index in [4.69, 9.17) is 0 Å². The molecule has 0 heterocycles. The average molecular weight is 164 g/mol. The van der Waals surface area contributed by atoms with Gasteiger partial charge in [0, 0.05) is 12.1 Å². The Morgan fingerprint density at radius 3 is 1.50 bits per heavy atom. The van der Waals surface area contributed by atoms with Gasteiger partial charge >= 0.3 is 0 Å². The molecule has 0 atom stereocenters. The van der Waals surface area contributed by atoms with Crippen LogP contribution < -0.4 is 10.2 Å². The van der Waals surface area contributed by atoms with E-state index >= 15 is 0 Å². The predicted molar refractivity (Wildman–Crippen MR) is 45.5 cm³/mol. The fraction of sp³-hybridized carbons (Fsp3) is 1.00. The number of nitrogens with one attached hydrogen (secondary N) is 2. The van der Waals surface area contributed by atoms with Crippen LogP contribution in [0.2, 0.25) is 0 Å². The Morgan fingerprint density at radius 2 is 1.30 bits per heavy atom. The average Bonchev–Trinajstić information content (AvgIpc) is 1.58. The van der Waals surface area contributed by atoms with E-state index < -0.39 is 8.10 Å². The zero-order valence-corrected chi connectivity index (χ0v) is 8.06. The van der Waals surface area contributed by atoms with Crippen LogP contribution in [0.4, 0.5) is 0 Å². The molecular formula is C6H17N2OP. The van der Waals surface area contributed by atoms with Crippen molar-refractivity contribution in [1.29, 1.82) is 0 Å². The van der Waals surface area contributed by atoms with Gasteiger partial charge in [0.25, 0.3) is 0 Å². The Morgan fingerprint density at radius 1 is 1.00 bits per heavy atom. The summed E-state index contributed by atoms with van der Waals surface area (Å²) in [6.45, 7) is 7.91. The summed E-state index contributed by atoms with van der Waals surface area (Å²) in [4.78, 5) is 0. The van der Waals surface area contributed by atoms with Gasteiger partial charge in [-0.2, -0.15) is 0 Å². The summed E-state index contributed by atoms with van der Waals surface area (Å²) >= 11 is 0. The Labute approximate surface area is 63.5 Å². The fourth-order valence-corrected chi connectivity index (χ4v) is 1.70. The molecule has 10 heavy (non-hydrogen) atoms. The van der Waals surface area contributed by atoms with E-state index in [1.54, 1.807) is 0 Å². The maximum absolute atomic E-state index is 11.0. The van der Waals surface area contributed by atoms with E-state index in [1.165, 1.54) is 0 Å². The molecule has 0 aromatic rings. The van der Waals surface area contributed by atoms with Gasteiger partial charge in [-0.05, 0) is 27.7 Å². The summed E-state index contributed by atoms with van der Waals surface area (Å²) in [7, 11) is -1.74. The van der Waals surface area contributed by atoms with Crippen molar-refractivity contribution in [2.45, 2.75) is 39.8 Å². The molecule has 0 aliphatic carbocycles. The van der Waals surface area contributed by atoms with Crippen molar-refractivity contribution in [2.24, 2.45) is 0 Å². The lowest BCUT2D eigenvalue weighted by Gasteiger charge is -2.11. The highest BCUT2D eigenvalue weighted by molar-refractivity contribution is 7.40. The highest BCUT2D eigenvalue weighted by atomic mass is 31.1. The van der Waals surface area contributed by atoms with Crippen molar-refractivity contribution < 1.29 is 4.57 Å². The third kappa shape index (κ3) is 6.27. The first-order valence-electron chi connectivity index (χ1n) is 3.59. The van der Waals surface area contributed by atoms with Crippen molar-refractivity contribution in [3.8, 4) is 0 Å². The molecular weight excluding hydrogens is 147 g/mol. The van der Waals surface area contributed by atoms with E-state index in [2.05, 4.69) is 10.2 Å². The van der Waals surface area contributed by atoms with E-state index in [1.807, 2.05) is 27.7 Å². The molecule has 0 fully saturated rings. The maximum Gasteiger partial charge on any atom is 0.200 e. The molecule has 0 amide bonds. The van der Waals surface area contributed by atoms with Crippen LogP contribution >= 0.6 is 8.10 Å². The minimum Gasteiger partial charge on any atom is -0.293 e. The lowest BCUT2D eigenvalue weighted by molar-refractivity contribution is 0.553. The first-order valence-corrected chi connectivity index (χ1v) is 5.00. The van der Waals surface area contributed by atoms with Crippen molar-refractivity contribution in [3.05, 3.63) is 0 Å². The first-order chi connectivity index (χ1) is 4.52. The topological polar surface area (TPSA) is 41.1 Å². The van der Waals surface area contributed by atoms with Crippen molar-refractivity contribution in [2.75, 3.05) is 0 Å². The summed E-state index contributed by atoms with van der Waals surface area (Å²) in [6, 6.07) is 0.579. The van der Waals surface area contributed by atoms with Crippen LogP contribution in [-0.2, 0) is 4.57 Å². The standard InChI is InChI=1S/C6H17N2OP/c1-5(2)7-10(9)8-6(3)4/h5-6,10H,1-4H3,(H2,7,8,9). The predicted octanol–water partition coefficient (Wildman–Crippen LogP) is 1.37. The first kappa shape index (κ1) is 10.2. The smallest absolute Gasteiger partial charge is 0.200 e. The van der Waals surface area contributed by atoms with Gasteiger partial charge in [0.1, 0.15) is 0 Å². The molecule has 0 spiro atoms. The SMILES string of the molecule is CC(C)N[PH](=O)NC(C)C. The number of hydrogen-bond acceptors (Lipinski definition) is 1. The molecule has 0 aliphatic rings. The lowest BCUT2D eigenvalue weighted by atomic mass is 10.4. The van der Waals surface area contributed by atoms with Gasteiger partial charge < -0.3 is 0 Å². The van der Waals surface area contributed by atoms with Crippen molar-refractivity contribution in [3.63, 3.8) is 0 Å². The van der Waals surface area contributed by atoms with Gasteiger partial charge in [0.2, 0.25) is 0 Å². The van der Waals surface area contributed by atoms with Gasteiger partial charge in [-0.3, -0.25) is 14.7 Å². The van der Waals surface area contributed by atoms with E-state index in [0.717, 1.165) is 0 Å². The molecule has 62 valence electrons. The van der Waals surface area contributed by atoms with Gasteiger partial charge in [0.15, 0.2) is 8.10 Å². The number of rotatable bonds is 4. The molecule has 3 nitrogen and oxygen atoms in total. The maximum atomic E-state index is 11.0. The normalized spacial score (nSPS) is 11.9. The van der Waals surface area contributed by atoms with Crippen LogP contribution in [0.1, 0.15) is 27.7 Å². The van der Waals surface area contributed by atoms with Gasteiger partial charge in [-0.1, -0.05) is 0 Å². The van der Waals surface area contributed by atoms with Crippen LogP contribution in [0.15, 0.2) is 0 Å². The lowest BCUT2D eigenvalue weighted by Crippen LogP contribution is -2.24. The quantitative estimate of drug-likeness (QED) is 0.616. The van der Waals surface area contributed by atoms with E-state index in [0.29, 0.717) is 0 Å². The van der Waals surface area contributed by atoms with Crippen LogP contribution in [0.3, 0.4) is 0 Å². The second kappa shape index (κ2) is 4.89.